The number of hydrogen-bond acceptors (Lipinski definition) is 4. The van der Waals surface area contributed by atoms with Crippen molar-refractivity contribution in [2.45, 2.75) is 76.5 Å². The molecule has 1 aromatic rings. The number of likely N-dealkylation sites (tertiary alicyclic amines) is 2. The fraction of sp³-hybridized carbons (Fsp3) is 0.667. The lowest BCUT2D eigenvalue weighted by molar-refractivity contribution is -0.140. The van der Waals surface area contributed by atoms with Gasteiger partial charge in [0.2, 0.25) is 11.8 Å². The van der Waals surface area contributed by atoms with Crippen LogP contribution in [0.5, 0.6) is 0 Å². The zero-order valence-electron chi connectivity index (χ0n) is 18.9. The molecule has 6 heteroatoms. The number of amides is 2. The predicted molar refractivity (Wildman–Crippen MR) is 120 cm³/mol. The lowest BCUT2D eigenvalue weighted by Crippen LogP contribution is -2.57. The Hall–Kier alpha value is -1.92. The maximum Gasteiger partial charge on any atom is 0.241 e. The Balaban J connectivity index is 1.53. The number of carbonyl (C=O) groups excluding carboxylic acids is 2. The number of anilines is 1. The van der Waals surface area contributed by atoms with E-state index in [1.807, 2.05) is 37.2 Å². The maximum absolute atomic E-state index is 13.3. The number of carbonyl (C=O) groups is 2. The van der Waals surface area contributed by atoms with Crippen molar-refractivity contribution in [3.05, 3.63) is 29.3 Å². The van der Waals surface area contributed by atoms with Crippen molar-refractivity contribution in [3.8, 4) is 0 Å². The summed E-state index contributed by atoms with van der Waals surface area (Å²) in [5, 5.41) is 6.69. The highest BCUT2D eigenvalue weighted by molar-refractivity contribution is 5.95. The number of nitrogens with zero attached hydrogens (tertiary/aromatic N) is 2. The summed E-state index contributed by atoms with van der Waals surface area (Å²) in [4.78, 5) is 30.3. The van der Waals surface area contributed by atoms with Crippen LogP contribution >= 0.6 is 0 Å². The summed E-state index contributed by atoms with van der Waals surface area (Å²) in [5.74, 6) is 0.591. The minimum atomic E-state index is -0.141. The fourth-order valence-corrected chi connectivity index (χ4v) is 5.66. The molecule has 0 bridgehead atoms. The lowest BCUT2D eigenvalue weighted by Gasteiger charge is -2.47. The molecule has 3 heterocycles. The van der Waals surface area contributed by atoms with Crippen LogP contribution in [-0.4, -0.2) is 66.4 Å². The van der Waals surface area contributed by atoms with Gasteiger partial charge >= 0.3 is 0 Å². The van der Waals surface area contributed by atoms with Gasteiger partial charge in [0.15, 0.2) is 0 Å². The molecular formula is C24H36N4O2. The first-order valence-electron chi connectivity index (χ1n) is 11.4. The Morgan fingerprint density at radius 3 is 2.63 bits per heavy atom. The second kappa shape index (κ2) is 8.31. The molecule has 3 saturated heterocycles. The second-order valence-electron chi connectivity index (χ2n) is 9.78. The molecule has 3 fully saturated rings. The average molecular weight is 413 g/mol. The predicted octanol–water partition coefficient (Wildman–Crippen LogP) is 2.73. The van der Waals surface area contributed by atoms with Crippen LogP contribution in [0.25, 0.3) is 0 Å². The van der Waals surface area contributed by atoms with Crippen LogP contribution in [-0.2, 0) is 9.59 Å². The van der Waals surface area contributed by atoms with E-state index >= 15 is 0 Å². The van der Waals surface area contributed by atoms with Crippen LogP contribution in [0.3, 0.4) is 0 Å². The van der Waals surface area contributed by atoms with E-state index < -0.39 is 0 Å². The number of aryl methyl sites for hydroxylation is 1. The van der Waals surface area contributed by atoms with Crippen LogP contribution in [0.4, 0.5) is 5.69 Å². The third kappa shape index (κ3) is 3.87. The van der Waals surface area contributed by atoms with Gasteiger partial charge in [0.1, 0.15) is 0 Å². The summed E-state index contributed by atoms with van der Waals surface area (Å²) in [6.45, 7) is 7.38. The molecule has 164 valence electrons. The van der Waals surface area contributed by atoms with Crippen molar-refractivity contribution >= 4 is 17.5 Å². The van der Waals surface area contributed by atoms with Gasteiger partial charge < -0.3 is 15.5 Å². The van der Waals surface area contributed by atoms with Crippen molar-refractivity contribution in [3.63, 3.8) is 0 Å². The van der Waals surface area contributed by atoms with Crippen molar-refractivity contribution < 1.29 is 9.59 Å². The number of likely N-dealkylation sites (N-methyl/N-ethyl adjacent to an activating group) is 2. The molecule has 3 aliphatic rings. The van der Waals surface area contributed by atoms with E-state index in [1.54, 1.807) is 0 Å². The molecule has 4 rings (SSSR count). The first kappa shape index (κ1) is 21.3. The van der Waals surface area contributed by atoms with Gasteiger partial charge in [-0.1, -0.05) is 6.07 Å². The Kier molecular flexibility index (Phi) is 5.90. The number of hydrogen-bond donors (Lipinski definition) is 2. The Morgan fingerprint density at radius 2 is 1.93 bits per heavy atom. The number of rotatable bonds is 3. The summed E-state index contributed by atoms with van der Waals surface area (Å²) in [5.41, 5.74) is 2.96. The SMILES string of the molecule is Cc1ccc(NC(=O)C2CCC(C)N2C)cc1C1CC2CNC(C)CC2N(C)C1=O. The topological polar surface area (TPSA) is 64.7 Å². The highest BCUT2D eigenvalue weighted by Gasteiger charge is 2.43. The lowest BCUT2D eigenvalue weighted by atomic mass is 9.75. The molecule has 0 aromatic heterocycles. The molecule has 1 aromatic carbocycles. The third-order valence-electron chi connectivity index (χ3n) is 7.82. The van der Waals surface area contributed by atoms with E-state index in [2.05, 4.69) is 36.3 Å². The molecule has 3 aliphatic heterocycles. The highest BCUT2D eigenvalue weighted by atomic mass is 16.2. The van der Waals surface area contributed by atoms with Gasteiger partial charge in [0, 0.05) is 37.4 Å². The highest BCUT2D eigenvalue weighted by Crippen LogP contribution is 2.39. The monoisotopic (exact) mass is 412 g/mol. The zero-order valence-corrected chi connectivity index (χ0v) is 18.9. The normalized spacial score (nSPS) is 34.7. The fourth-order valence-electron chi connectivity index (χ4n) is 5.66. The molecule has 0 aliphatic carbocycles. The van der Waals surface area contributed by atoms with Crippen molar-refractivity contribution in [2.75, 3.05) is 26.0 Å². The molecule has 0 spiro atoms. The Morgan fingerprint density at radius 1 is 1.17 bits per heavy atom. The average Bonchev–Trinajstić information content (AvgIpc) is 3.05. The number of piperidine rings is 2. The van der Waals surface area contributed by atoms with E-state index in [0.29, 0.717) is 24.0 Å². The number of nitrogens with one attached hydrogen (secondary N) is 2. The molecule has 30 heavy (non-hydrogen) atoms. The van der Waals surface area contributed by atoms with Crippen molar-refractivity contribution in [1.82, 2.24) is 15.1 Å². The minimum absolute atomic E-state index is 0.0503. The molecule has 0 radical (unpaired) electrons. The standard InChI is InChI=1S/C24H36N4O2/c1-14-6-8-18(26-23(29)21-9-7-16(3)27(21)4)12-19(14)20-11-17-13-25-15(2)10-22(17)28(5)24(20)30/h6,8,12,15-17,20-22,25H,7,9-11,13H2,1-5H3,(H,26,29). The van der Waals surface area contributed by atoms with Gasteiger partial charge in [0.05, 0.1) is 12.0 Å². The zero-order chi connectivity index (χ0) is 21.6. The second-order valence-corrected chi connectivity index (χ2v) is 9.78. The molecule has 2 amide bonds. The summed E-state index contributed by atoms with van der Waals surface area (Å²) >= 11 is 0. The van der Waals surface area contributed by atoms with Gasteiger partial charge in [-0.05, 0) is 82.7 Å². The Labute approximate surface area is 180 Å². The van der Waals surface area contributed by atoms with Crippen molar-refractivity contribution in [1.29, 1.82) is 0 Å². The van der Waals surface area contributed by atoms with Crippen LogP contribution in [0.2, 0.25) is 0 Å². The first-order valence-corrected chi connectivity index (χ1v) is 11.4. The third-order valence-corrected chi connectivity index (χ3v) is 7.82. The van der Waals surface area contributed by atoms with E-state index in [-0.39, 0.29) is 23.8 Å². The van der Waals surface area contributed by atoms with E-state index in [1.165, 1.54) is 0 Å². The van der Waals surface area contributed by atoms with Crippen LogP contribution in [0, 0.1) is 12.8 Å². The smallest absolute Gasteiger partial charge is 0.241 e. The van der Waals surface area contributed by atoms with Gasteiger partial charge in [-0.25, -0.2) is 0 Å². The number of benzene rings is 1. The van der Waals surface area contributed by atoms with Gasteiger partial charge in [-0.2, -0.15) is 0 Å². The van der Waals surface area contributed by atoms with Gasteiger partial charge in [-0.3, -0.25) is 14.5 Å². The van der Waals surface area contributed by atoms with Crippen LogP contribution in [0.1, 0.15) is 56.6 Å². The molecule has 6 atom stereocenters. The summed E-state index contributed by atoms with van der Waals surface area (Å²) in [6, 6.07) is 7.16. The molecular weight excluding hydrogens is 376 g/mol. The summed E-state index contributed by atoms with van der Waals surface area (Å²) in [7, 11) is 3.98. The van der Waals surface area contributed by atoms with Crippen molar-refractivity contribution in [2.24, 2.45) is 5.92 Å². The molecule has 0 saturated carbocycles. The minimum Gasteiger partial charge on any atom is -0.342 e. The van der Waals surface area contributed by atoms with Gasteiger partial charge in [0.25, 0.3) is 0 Å². The first-order chi connectivity index (χ1) is 14.3. The molecule has 6 nitrogen and oxygen atoms in total. The summed E-state index contributed by atoms with van der Waals surface area (Å²) < 4.78 is 0. The van der Waals surface area contributed by atoms with Gasteiger partial charge in [-0.15, -0.1) is 0 Å². The van der Waals surface area contributed by atoms with Crippen LogP contribution in [0.15, 0.2) is 18.2 Å². The quantitative estimate of drug-likeness (QED) is 0.801. The van der Waals surface area contributed by atoms with E-state index in [4.69, 9.17) is 0 Å². The maximum atomic E-state index is 13.3. The summed E-state index contributed by atoms with van der Waals surface area (Å²) in [6.07, 6.45) is 3.82. The number of fused-ring (bicyclic) bond motifs is 1. The molecule has 6 unspecified atom stereocenters. The van der Waals surface area contributed by atoms with E-state index in [0.717, 1.165) is 49.0 Å². The van der Waals surface area contributed by atoms with E-state index in [9.17, 15) is 9.59 Å². The Bertz CT molecular complexity index is 825. The van der Waals surface area contributed by atoms with Crippen LogP contribution < -0.4 is 10.6 Å². The molecule has 2 N–H and O–H groups in total. The largest absolute Gasteiger partial charge is 0.342 e.